The first kappa shape index (κ1) is 33.9. The molecule has 220 valence electrons. The molecule has 1 rings (SSSR count). The van der Waals surface area contributed by atoms with Crippen molar-refractivity contribution in [2.24, 2.45) is 5.73 Å². The third-order valence-corrected chi connectivity index (χ3v) is 6.08. The second-order valence-corrected chi connectivity index (χ2v) is 12.3. The van der Waals surface area contributed by atoms with E-state index in [0.717, 1.165) is 36.8 Å². The van der Waals surface area contributed by atoms with Gasteiger partial charge in [0.1, 0.15) is 17.7 Å². The van der Waals surface area contributed by atoms with Gasteiger partial charge in [0.05, 0.1) is 6.42 Å². The predicted octanol–water partition coefficient (Wildman–Crippen LogP) is 4.83. The summed E-state index contributed by atoms with van der Waals surface area (Å²) in [5, 5.41) is 5.54. The molecule has 0 aromatic heterocycles. The lowest BCUT2D eigenvalue weighted by molar-refractivity contribution is -0.144. The Balaban J connectivity index is 3.57. The molecule has 4 amide bonds. The van der Waals surface area contributed by atoms with Crippen LogP contribution in [0.4, 0.5) is 4.79 Å². The number of nitrogens with zero attached hydrogens (tertiary/aromatic N) is 1. The average molecular weight is 547 g/mol. The van der Waals surface area contributed by atoms with Gasteiger partial charge >= 0.3 is 6.09 Å². The van der Waals surface area contributed by atoms with Crippen LogP contribution in [0.25, 0.3) is 0 Å². The highest BCUT2D eigenvalue weighted by atomic mass is 16.6. The van der Waals surface area contributed by atoms with Gasteiger partial charge in [-0.15, -0.1) is 0 Å². The largest absolute Gasteiger partial charge is 0.444 e. The number of hydrogen-bond acceptors (Lipinski definition) is 5. The lowest BCUT2D eigenvalue weighted by Crippen LogP contribution is -2.55. The molecule has 0 spiro atoms. The van der Waals surface area contributed by atoms with Crippen LogP contribution in [0.2, 0.25) is 0 Å². The Bertz CT molecular complexity index is 994. The smallest absolute Gasteiger partial charge is 0.408 e. The van der Waals surface area contributed by atoms with Gasteiger partial charge in [0.15, 0.2) is 0 Å². The van der Waals surface area contributed by atoms with Crippen molar-refractivity contribution in [1.29, 1.82) is 0 Å². The number of unbranched alkanes of at least 4 members (excludes halogenated alkanes) is 4. The molecule has 4 N–H and O–H groups in total. The van der Waals surface area contributed by atoms with Crippen molar-refractivity contribution < 1.29 is 23.9 Å². The molecule has 0 radical (unpaired) electrons. The molecule has 2 unspecified atom stereocenters. The van der Waals surface area contributed by atoms with Crippen molar-refractivity contribution in [2.75, 3.05) is 6.54 Å². The average Bonchev–Trinajstić information content (AvgIpc) is 2.76. The normalized spacial score (nSPS) is 13.3. The van der Waals surface area contributed by atoms with Gasteiger partial charge in [-0.2, -0.15) is 0 Å². The number of carbonyl (C=O) groups excluding carboxylic acids is 4. The highest BCUT2D eigenvalue weighted by Gasteiger charge is 2.37. The summed E-state index contributed by atoms with van der Waals surface area (Å²) < 4.78 is 5.34. The summed E-state index contributed by atoms with van der Waals surface area (Å²) in [5.74, 6) is -1.67. The molecule has 0 aliphatic heterocycles. The van der Waals surface area contributed by atoms with E-state index in [4.69, 9.17) is 10.5 Å². The number of nitrogens with one attached hydrogen (secondary N) is 2. The first-order chi connectivity index (χ1) is 17.9. The molecule has 0 saturated heterocycles. The van der Waals surface area contributed by atoms with E-state index < -0.39 is 47.6 Å². The van der Waals surface area contributed by atoms with Gasteiger partial charge in [-0.25, -0.2) is 4.79 Å². The Morgan fingerprint density at radius 1 is 0.949 bits per heavy atom. The zero-order valence-electron chi connectivity index (χ0n) is 25.4. The number of nitrogens with two attached hydrogens (primary N) is 1. The van der Waals surface area contributed by atoms with Gasteiger partial charge < -0.3 is 26.0 Å². The molecule has 1 aromatic carbocycles. The van der Waals surface area contributed by atoms with Crippen LogP contribution in [-0.2, 0) is 19.1 Å². The molecule has 9 nitrogen and oxygen atoms in total. The monoisotopic (exact) mass is 546 g/mol. The van der Waals surface area contributed by atoms with Gasteiger partial charge in [-0.3, -0.25) is 14.4 Å². The number of carbonyl (C=O) groups is 4. The summed E-state index contributed by atoms with van der Waals surface area (Å²) >= 11 is 0. The van der Waals surface area contributed by atoms with E-state index in [0.29, 0.717) is 12.0 Å². The van der Waals surface area contributed by atoms with Crippen molar-refractivity contribution in [3.63, 3.8) is 0 Å². The van der Waals surface area contributed by atoms with Crippen molar-refractivity contribution >= 4 is 23.8 Å². The summed E-state index contributed by atoms with van der Waals surface area (Å²) in [7, 11) is 0. The van der Waals surface area contributed by atoms with E-state index in [2.05, 4.69) is 17.6 Å². The molecule has 2 atom stereocenters. The van der Waals surface area contributed by atoms with Crippen LogP contribution >= 0.6 is 0 Å². The maximum Gasteiger partial charge on any atom is 0.408 e. The van der Waals surface area contributed by atoms with E-state index in [-0.39, 0.29) is 12.5 Å². The number of ether oxygens (including phenoxy) is 1. The summed E-state index contributed by atoms with van der Waals surface area (Å²) in [6, 6.07) is 3.41. The van der Waals surface area contributed by atoms with E-state index in [1.807, 2.05) is 52.8 Å². The maximum absolute atomic E-state index is 14.1. The highest BCUT2D eigenvalue weighted by molar-refractivity contribution is 5.94. The van der Waals surface area contributed by atoms with Crippen LogP contribution in [0, 0.1) is 13.8 Å². The van der Waals surface area contributed by atoms with Crippen molar-refractivity contribution in [1.82, 2.24) is 15.5 Å². The second kappa shape index (κ2) is 14.9. The van der Waals surface area contributed by atoms with Crippen LogP contribution < -0.4 is 16.4 Å². The molecular weight excluding hydrogens is 496 g/mol. The van der Waals surface area contributed by atoms with Crippen LogP contribution in [0.1, 0.15) is 110 Å². The summed E-state index contributed by atoms with van der Waals surface area (Å²) in [4.78, 5) is 53.9. The summed E-state index contributed by atoms with van der Waals surface area (Å²) in [6.07, 6.45) is 3.41. The lowest BCUT2D eigenvalue weighted by atomic mass is 9.96. The third-order valence-electron chi connectivity index (χ3n) is 6.08. The number of alkyl carbamates (subject to hydrolysis) is 1. The van der Waals surface area contributed by atoms with E-state index in [1.165, 1.54) is 4.90 Å². The SMILES string of the molecule is CCCCCCCN(C(=O)C(CC(N)=O)NC(=O)OC(C)(C)C)C(C(=O)NC(C)(C)C)c1ccc(C)c(C)c1. The molecule has 0 aliphatic carbocycles. The van der Waals surface area contributed by atoms with Crippen LogP contribution in [0.3, 0.4) is 0 Å². The molecule has 1 aromatic rings. The van der Waals surface area contributed by atoms with Gasteiger partial charge in [-0.1, -0.05) is 50.8 Å². The molecule has 39 heavy (non-hydrogen) atoms. The van der Waals surface area contributed by atoms with Crippen molar-refractivity contribution in [2.45, 2.75) is 124 Å². The van der Waals surface area contributed by atoms with E-state index in [9.17, 15) is 19.2 Å². The number of primary amides is 1. The Morgan fingerprint density at radius 2 is 1.56 bits per heavy atom. The topological polar surface area (TPSA) is 131 Å². The summed E-state index contributed by atoms with van der Waals surface area (Å²) in [5.41, 5.74) is 6.81. The molecule has 0 saturated carbocycles. The zero-order valence-corrected chi connectivity index (χ0v) is 25.4. The number of amides is 4. The van der Waals surface area contributed by atoms with Gasteiger partial charge in [0.2, 0.25) is 17.7 Å². The third kappa shape index (κ3) is 12.5. The van der Waals surface area contributed by atoms with Gasteiger partial charge in [0, 0.05) is 12.1 Å². The van der Waals surface area contributed by atoms with Crippen LogP contribution in [0.15, 0.2) is 18.2 Å². The fourth-order valence-corrected chi connectivity index (χ4v) is 4.15. The molecule has 0 fully saturated rings. The fraction of sp³-hybridized carbons (Fsp3) is 0.667. The molecule has 0 bridgehead atoms. The maximum atomic E-state index is 14.1. The first-order valence-electron chi connectivity index (χ1n) is 13.9. The van der Waals surface area contributed by atoms with Crippen molar-refractivity contribution in [3.05, 3.63) is 34.9 Å². The molecule has 0 heterocycles. The number of hydrogen-bond donors (Lipinski definition) is 3. The highest BCUT2D eigenvalue weighted by Crippen LogP contribution is 2.27. The lowest BCUT2D eigenvalue weighted by Gasteiger charge is -2.36. The first-order valence-corrected chi connectivity index (χ1v) is 13.9. The zero-order chi connectivity index (χ0) is 30.0. The minimum absolute atomic E-state index is 0.267. The number of aryl methyl sites for hydroxylation is 2. The second-order valence-electron chi connectivity index (χ2n) is 12.3. The molecule has 9 heteroatoms. The Labute approximate surface area is 234 Å². The summed E-state index contributed by atoms with van der Waals surface area (Å²) in [6.45, 7) is 17.0. The standard InChI is InChI=1S/C30H50N4O5/c1-10-11-12-13-14-17-34(27(37)23(19-24(31)35)32-28(38)39-30(7,8)9)25(26(36)33-29(4,5)6)22-16-15-20(2)21(3)18-22/h15-16,18,23,25H,10-14,17,19H2,1-9H3,(H2,31,35)(H,32,38)(H,33,36). The van der Waals surface area contributed by atoms with Gasteiger partial charge in [0.25, 0.3) is 0 Å². The predicted molar refractivity (Wildman–Crippen MR) is 154 cm³/mol. The Kier molecular flexibility index (Phi) is 13.0. The van der Waals surface area contributed by atoms with E-state index in [1.54, 1.807) is 20.8 Å². The number of rotatable bonds is 13. The van der Waals surface area contributed by atoms with Crippen LogP contribution in [0.5, 0.6) is 0 Å². The molecule has 0 aliphatic rings. The fourth-order valence-electron chi connectivity index (χ4n) is 4.15. The van der Waals surface area contributed by atoms with E-state index >= 15 is 0 Å². The molecular formula is C30H50N4O5. The van der Waals surface area contributed by atoms with Crippen LogP contribution in [-0.4, -0.2) is 52.4 Å². The minimum atomic E-state index is -1.29. The Hall–Kier alpha value is -3.10. The Morgan fingerprint density at radius 3 is 2.08 bits per heavy atom. The quantitative estimate of drug-likeness (QED) is 0.305. The van der Waals surface area contributed by atoms with Crippen molar-refractivity contribution in [3.8, 4) is 0 Å². The van der Waals surface area contributed by atoms with Gasteiger partial charge in [-0.05, 0) is 78.5 Å². The minimum Gasteiger partial charge on any atom is -0.444 e. The number of benzene rings is 1.